The standard InChI is InChI=1S/C22H27FN2O2/c1-3-4-15-6-5-14(2)19(11-15)16-7-9-18(10-8-16)27-22-20(23)12-17(13-25-22)21(24)26/h7-10,12-15,19H,3-6,11H2,1-2H3,(H2,24,26). The smallest absolute Gasteiger partial charge is 0.255 e. The third kappa shape index (κ3) is 4.65. The molecule has 2 aromatic rings. The van der Waals surface area contributed by atoms with Gasteiger partial charge in [0, 0.05) is 6.20 Å². The molecular formula is C22H27FN2O2. The third-order valence-electron chi connectivity index (χ3n) is 5.62. The summed E-state index contributed by atoms with van der Waals surface area (Å²) in [4.78, 5) is 14.9. The first kappa shape index (κ1) is 19.3. The monoisotopic (exact) mass is 370 g/mol. The Balaban J connectivity index is 1.71. The number of rotatable bonds is 6. The van der Waals surface area contributed by atoms with Crippen molar-refractivity contribution >= 4 is 5.91 Å². The molecular weight excluding hydrogens is 343 g/mol. The van der Waals surface area contributed by atoms with Crippen molar-refractivity contribution in [1.29, 1.82) is 0 Å². The van der Waals surface area contributed by atoms with Crippen LogP contribution in [0.5, 0.6) is 11.6 Å². The number of amides is 1. The second-order valence-corrected chi connectivity index (χ2v) is 7.60. The Bertz CT molecular complexity index is 791. The first-order valence-electron chi connectivity index (χ1n) is 9.71. The highest BCUT2D eigenvalue weighted by Gasteiger charge is 2.28. The van der Waals surface area contributed by atoms with Crippen LogP contribution < -0.4 is 10.5 Å². The van der Waals surface area contributed by atoms with Crippen LogP contribution in [0.3, 0.4) is 0 Å². The lowest BCUT2D eigenvalue weighted by Gasteiger charge is -2.34. The number of carbonyl (C=O) groups is 1. The van der Waals surface area contributed by atoms with E-state index < -0.39 is 11.7 Å². The van der Waals surface area contributed by atoms with Crippen molar-refractivity contribution in [3.05, 3.63) is 53.5 Å². The highest BCUT2D eigenvalue weighted by Crippen LogP contribution is 2.42. The topological polar surface area (TPSA) is 65.2 Å². The molecule has 0 saturated heterocycles. The predicted octanol–water partition coefficient (Wildman–Crippen LogP) is 5.43. The van der Waals surface area contributed by atoms with Crippen molar-refractivity contribution in [3.8, 4) is 11.6 Å². The molecule has 1 heterocycles. The SMILES string of the molecule is CCCC1CCC(C)C(c2ccc(Oc3ncc(C(N)=O)cc3F)cc2)C1. The van der Waals surface area contributed by atoms with Crippen molar-refractivity contribution in [2.45, 2.75) is 51.9 Å². The Morgan fingerprint density at radius 2 is 2.04 bits per heavy atom. The number of ether oxygens (including phenoxy) is 1. The van der Waals surface area contributed by atoms with Gasteiger partial charge in [-0.15, -0.1) is 0 Å². The van der Waals surface area contributed by atoms with Crippen LogP contribution in [-0.4, -0.2) is 10.9 Å². The highest BCUT2D eigenvalue weighted by atomic mass is 19.1. The van der Waals surface area contributed by atoms with E-state index in [-0.39, 0.29) is 11.4 Å². The van der Waals surface area contributed by atoms with Crippen molar-refractivity contribution in [2.75, 3.05) is 0 Å². The van der Waals surface area contributed by atoms with Crippen LogP contribution in [0.4, 0.5) is 4.39 Å². The third-order valence-corrected chi connectivity index (χ3v) is 5.62. The van der Waals surface area contributed by atoms with Crippen LogP contribution in [0.25, 0.3) is 0 Å². The maximum absolute atomic E-state index is 14.0. The molecule has 1 saturated carbocycles. The van der Waals surface area contributed by atoms with E-state index in [1.165, 1.54) is 43.9 Å². The van der Waals surface area contributed by atoms with Gasteiger partial charge < -0.3 is 10.5 Å². The molecule has 0 spiro atoms. The minimum atomic E-state index is -0.722. The van der Waals surface area contributed by atoms with E-state index in [1.807, 2.05) is 12.1 Å². The van der Waals surface area contributed by atoms with E-state index in [1.54, 1.807) is 0 Å². The number of primary amides is 1. The number of aromatic nitrogens is 1. The zero-order chi connectivity index (χ0) is 19.4. The highest BCUT2D eigenvalue weighted by molar-refractivity contribution is 5.92. The van der Waals surface area contributed by atoms with E-state index in [4.69, 9.17) is 10.5 Å². The summed E-state index contributed by atoms with van der Waals surface area (Å²) < 4.78 is 19.6. The molecule has 4 nitrogen and oxygen atoms in total. The van der Waals surface area contributed by atoms with Crippen molar-refractivity contribution < 1.29 is 13.9 Å². The van der Waals surface area contributed by atoms with Crippen LogP contribution in [0.2, 0.25) is 0 Å². The summed E-state index contributed by atoms with van der Waals surface area (Å²) in [5, 5.41) is 0. The maximum Gasteiger partial charge on any atom is 0.255 e. The number of halogens is 1. The second kappa shape index (κ2) is 8.51. The van der Waals surface area contributed by atoms with Crippen LogP contribution in [-0.2, 0) is 0 Å². The van der Waals surface area contributed by atoms with Gasteiger partial charge in [0.25, 0.3) is 5.88 Å². The number of benzene rings is 1. The zero-order valence-electron chi connectivity index (χ0n) is 16.0. The van der Waals surface area contributed by atoms with Crippen molar-refractivity contribution in [2.24, 2.45) is 17.6 Å². The summed E-state index contributed by atoms with van der Waals surface area (Å²) in [6.07, 6.45) is 7.60. The second-order valence-electron chi connectivity index (χ2n) is 7.60. The Hall–Kier alpha value is -2.43. The van der Waals surface area contributed by atoms with E-state index in [0.717, 1.165) is 12.0 Å². The fourth-order valence-corrected chi connectivity index (χ4v) is 4.07. The quantitative estimate of drug-likeness (QED) is 0.737. The number of hydrogen-bond acceptors (Lipinski definition) is 3. The molecule has 1 aliphatic carbocycles. The zero-order valence-corrected chi connectivity index (χ0v) is 16.0. The molecule has 5 heteroatoms. The Morgan fingerprint density at radius 3 is 2.67 bits per heavy atom. The maximum atomic E-state index is 14.0. The van der Waals surface area contributed by atoms with E-state index in [0.29, 0.717) is 17.6 Å². The van der Waals surface area contributed by atoms with Crippen molar-refractivity contribution in [1.82, 2.24) is 4.98 Å². The van der Waals surface area contributed by atoms with Gasteiger partial charge in [0.05, 0.1) is 5.56 Å². The Labute approximate surface area is 159 Å². The number of nitrogens with two attached hydrogens (primary N) is 1. The molecule has 1 fully saturated rings. The molecule has 1 aliphatic rings. The lowest BCUT2D eigenvalue weighted by atomic mass is 9.71. The summed E-state index contributed by atoms with van der Waals surface area (Å²) >= 11 is 0. The van der Waals surface area contributed by atoms with Crippen molar-refractivity contribution in [3.63, 3.8) is 0 Å². The lowest BCUT2D eigenvalue weighted by molar-refractivity contribution is 0.0999. The number of pyridine rings is 1. The van der Waals surface area contributed by atoms with Gasteiger partial charge in [-0.3, -0.25) is 4.79 Å². The lowest BCUT2D eigenvalue weighted by Crippen LogP contribution is -2.21. The molecule has 1 aromatic heterocycles. The fraction of sp³-hybridized carbons (Fsp3) is 0.455. The minimum absolute atomic E-state index is 0.0168. The Morgan fingerprint density at radius 1 is 1.30 bits per heavy atom. The van der Waals surface area contributed by atoms with Gasteiger partial charge in [-0.2, -0.15) is 0 Å². The summed E-state index contributed by atoms with van der Waals surface area (Å²) in [5.41, 5.74) is 6.46. The summed E-state index contributed by atoms with van der Waals surface area (Å²) in [5.74, 6) is 0.972. The number of carbonyl (C=O) groups excluding carboxylic acids is 1. The Kier molecular flexibility index (Phi) is 6.09. The first-order valence-corrected chi connectivity index (χ1v) is 9.71. The molecule has 3 unspecified atom stereocenters. The van der Waals surface area contributed by atoms with Gasteiger partial charge in [-0.1, -0.05) is 45.2 Å². The predicted molar refractivity (Wildman–Crippen MR) is 103 cm³/mol. The van der Waals surface area contributed by atoms with Gasteiger partial charge in [-0.05, 0) is 54.4 Å². The number of hydrogen-bond donors (Lipinski definition) is 1. The van der Waals surface area contributed by atoms with Gasteiger partial charge in [0.1, 0.15) is 5.75 Å². The average Bonchev–Trinajstić information content (AvgIpc) is 2.66. The fourth-order valence-electron chi connectivity index (χ4n) is 4.07. The molecule has 144 valence electrons. The minimum Gasteiger partial charge on any atom is -0.436 e. The summed E-state index contributed by atoms with van der Waals surface area (Å²) in [6.45, 7) is 4.58. The molecule has 0 radical (unpaired) electrons. The molecule has 1 amide bonds. The first-order chi connectivity index (χ1) is 13.0. The molecule has 0 bridgehead atoms. The molecule has 0 aliphatic heterocycles. The molecule has 27 heavy (non-hydrogen) atoms. The van der Waals surface area contributed by atoms with Gasteiger partial charge in [0.15, 0.2) is 5.82 Å². The van der Waals surface area contributed by atoms with Gasteiger partial charge in [-0.25, -0.2) is 9.37 Å². The van der Waals surface area contributed by atoms with E-state index in [2.05, 4.69) is 31.0 Å². The normalized spacial score (nSPS) is 22.4. The van der Waals surface area contributed by atoms with Crippen LogP contribution in [0.15, 0.2) is 36.5 Å². The van der Waals surface area contributed by atoms with Gasteiger partial charge >= 0.3 is 0 Å². The van der Waals surface area contributed by atoms with Crippen LogP contribution in [0.1, 0.15) is 67.8 Å². The van der Waals surface area contributed by atoms with E-state index >= 15 is 0 Å². The molecule has 2 N–H and O–H groups in total. The van der Waals surface area contributed by atoms with Crippen LogP contribution in [0, 0.1) is 17.7 Å². The average molecular weight is 370 g/mol. The number of nitrogens with zero attached hydrogens (tertiary/aromatic N) is 1. The molecule has 3 rings (SSSR count). The van der Waals surface area contributed by atoms with E-state index in [9.17, 15) is 9.18 Å². The van der Waals surface area contributed by atoms with Gasteiger partial charge in [0.2, 0.25) is 5.91 Å². The summed E-state index contributed by atoms with van der Waals surface area (Å²) in [7, 11) is 0. The summed E-state index contributed by atoms with van der Waals surface area (Å²) in [6, 6.07) is 8.89. The largest absolute Gasteiger partial charge is 0.436 e. The molecule has 1 aromatic carbocycles. The molecule has 3 atom stereocenters. The van der Waals surface area contributed by atoms with Crippen LogP contribution >= 0.6 is 0 Å².